The number of hydrazine groups is 1. The summed E-state index contributed by atoms with van der Waals surface area (Å²) in [6, 6.07) is 12.1. The van der Waals surface area contributed by atoms with Crippen molar-refractivity contribution in [2.75, 3.05) is 72.2 Å². The Hall–Kier alpha value is -7.30. The molecule has 10 heterocycles. The summed E-state index contributed by atoms with van der Waals surface area (Å²) < 4.78 is 0. The number of piperazine rings is 2. The minimum Gasteiger partial charge on any atom is -0.353 e. The Morgan fingerprint density at radius 1 is 0.500 bits per heavy atom. The molecule has 2 N–H and O–H groups in total. The van der Waals surface area contributed by atoms with Gasteiger partial charge in [0.25, 0.3) is 0 Å². The van der Waals surface area contributed by atoms with Crippen molar-refractivity contribution in [2.45, 2.75) is 51.4 Å². The average Bonchev–Trinajstić information content (AvgIpc) is 4.32. The topological polar surface area (TPSA) is 166 Å². The molecule has 0 unspecified atom stereocenters. The Morgan fingerprint density at radius 3 is 1.35 bits per heavy atom. The van der Waals surface area contributed by atoms with Crippen LogP contribution in [0.15, 0.2) is 98.4 Å². The second-order valence-electron chi connectivity index (χ2n) is 17.8. The number of aryl methyl sites for hydroxylation is 2. The maximum Gasteiger partial charge on any atom is 0.162 e. The van der Waals surface area contributed by atoms with Gasteiger partial charge in [0.2, 0.25) is 0 Å². The van der Waals surface area contributed by atoms with Crippen LogP contribution in [0.5, 0.6) is 0 Å². The first-order chi connectivity index (χ1) is 32.6. The molecule has 0 radical (unpaired) electrons. The van der Waals surface area contributed by atoms with Crippen LogP contribution in [-0.2, 0) is 0 Å². The van der Waals surface area contributed by atoms with Crippen LogP contribution in [0, 0.1) is 13.8 Å². The smallest absolute Gasteiger partial charge is 0.162 e. The second-order valence-corrected chi connectivity index (χ2v) is 17.8. The van der Waals surface area contributed by atoms with Gasteiger partial charge >= 0.3 is 0 Å². The maximum atomic E-state index is 5.40. The Labute approximate surface area is 382 Å². The van der Waals surface area contributed by atoms with Gasteiger partial charge in [-0.05, 0) is 110 Å². The highest BCUT2D eigenvalue weighted by molar-refractivity contribution is 5.95. The lowest BCUT2D eigenvalue weighted by atomic mass is 10.1. The Morgan fingerprint density at radius 2 is 0.939 bits per heavy atom. The molecule has 8 aromatic heterocycles. The van der Waals surface area contributed by atoms with Crippen LogP contribution < -0.4 is 30.5 Å². The zero-order valence-corrected chi connectivity index (χ0v) is 37.1. The lowest BCUT2D eigenvalue weighted by Crippen LogP contribution is -2.44. The molecular weight excluding hydrogens is 825 g/mol. The summed E-state index contributed by atoms with van der Waals surface area (Å²) in [5, 5.41) is 13.4. The largest absolute Gasteiger partial charge is 0.353 e. The lowest BCUT2D eigenvalue weighted by Gasteiger charge is -2.37. The van der Waals surface area contributed by atoms with Crippen molar-refractivity contribution in [3.8, 4) is 22.8 Å². The molecule has 2 saturated carbocycles. The van der Waals surface area contributed by atoms with Gasteiger partial charge in [0.1, 0.15) is 11.6 Å². The Bertz CT molecular complexity index is 2900. The van der Waals surface area contributed by atoms with E-state index in [0.717, 1.165) is 145 Å². The zero-order valence-electron chi connectivity index (χ0n) is 37.1. The number of aromatic nitrogens is 10. The molecule has 4 fully saturated rings. The first kappa shape index (κ1) is 40.2. The van der Waals surface area contributed by atoms with E-state index in [0.29, 0.717) is 35.1 Å². The Balaban J connectivity index is 1.02. The van der Waals surface area contributed by atoms with Gasteiger partial charge in [-0.1, -0.05) is 0 Å². The van der Waals surface area contributed by atoms with Gasteiger partial charge in [-0.3, -0.25) is 19.9 Å². The van der Waals surface area contributed by atoms with Crippen LogP contribution >= 0.6 is 0 Å². The monoisotopic (exact) mass is 874 g/mol. The number of nitrogens with zero attached hydrogens (tertiary/aromatic N) is 14. The second kappa shape index (κ2) is 16.9. The number of rotatable bonds is 11. The van der Waals surface area contributed by atoms with E-state index in [2.05, 4.69) is 64.2 Å². The fourth-order valence-electron chi connectivity index (χ4n) is 9.42. The Kier molecular flexibility index (Phi) is 10.3. The molecule has 2 saturated heterocycles. The van der Waals surface area contributed by atoms with Crippen LogP contribution in [0.3, 0.4) is 0 Å². The number of anilines is 6. The summed E-state index contributed by atoms with van der Waals surface area (Å²) >= 11 is 0. The number of nitrogens with one attached hydrogen (secondary N) is 2. The SMILES string of the molecule is Cc1ccncc1N(c1cc(-c2nc(N3CCNCC3)c3c(C4CC4)cncc3n2)ccn1)N(c1cc(-c2nc(N3CCNCC3)c3c(C4CC4)cncc3n2)ccn1)c1cnccc1C. The van der Waals surface area contributed by atoms with E-state index in [4.69, 9.17) is 29.9 Å². The van der Waals surface area contributed by atoms with Gasteiger partial charge in [-0.15, -0.1) is 0 Å². The van der Waals surface area contributed by atoms with Crippen LogP contribution in [-0.4, -0.2) is 102 Å². The molecule has 12 rings (SSSR count). The van der Waals surface area contributed by atoms with Crippen LogP contribution in [0.2, 0.25) is 0 Å². The van der Waals surface area contributed by atoms with Crippen molar-refractivity contribution in [2.24, 2.45) is 0 Å². The highest BCUT2D eigenvalue weighted by Crippen LogP contribution is 2.47. The first-order valence-electron chi connectivity index (χ1n) is 23.1. The van der Waals surface area contributed by atoms with E-state index in [1.54, 1.807) is 12.4 Å². The average molecular weight is 875 g/mol. The predicted octanol–water partition coefficient (Wildman–Crippen LogP) is 7.36. The quantitative estimate of drug-likeness (QED) is 0.124. The number of fused-ring (bicyclic) bond motifs is 2. The van der Waals surface area contributed by atoms with Gasteiger partial charge in [0.05, 0.1) is 47.2 Å². The van der Waals surface area contributed by atoms with Crippen LogP contribution in [0.4, 0.5) is 34.6 Å². The van der Waals surface area contributed by atoms with E-state index in [1.807, 2.05) is 86.0 Å². The predicted molar refractivity (Wildman–Crippen MR) is 257 cm³/mol. The normalized spacial score (nSPS) is 16.5. The van der Waals surface area contributed by atoms with E-state index in [-0.39, 0.29) is 0 Å². The highest BCUT2D eigenvalue weighted by Gasteiger charge is 2.32. The summed E-state index contributed by atoms with van der Waals surface area (Å²) in [5.74, 6) is 5.34. The van der Waals surface area contributed by atoms with Crippen molar-refractivity contribution < 1.29 is 0 Å². The van der Waals surface area contributed by atoms with Gasteiger partial charge in [-0.2, -0.15) is 0 Å². The molecule has 66 heavy (non-hydrogen) atoms. The molecule has 4 aliphatic rings. The van der Waals surface area contributed by atoms with Gasteiger partial charge in [0.15, 0.2) is 23.3 Å². The summed E-state index contributed by atoms with van der Waals surface area (Å²) in [4.78, 5) is 54.9. The van der Waals surface area contributed by atoms with Crippen molar-refractivity contribution in [3.05, 3.63) is 121 Å². The molecule has 2 aliphatic heterocycles. The fourth-order valence-corrected chi connectivity index (χ4v) is 9.42. The summed E-state index contributed by atoms with van der Waals surface area (Å²) in [6.07, 6.45) is 23.4. The van der Waals surface area contributed by atoms with Crippen molar-refractivity contribution in [3.63, 3.8) is 0 Å². The van der Waals surface area contributed by atoms with Gasteiger partial charge < -0.3 is 20.4 Å². The molecule has 330 valence electrons. The van der Waals surface area contributed by atoms with Crippen molar-refractivity contribution in [1.29, 1.82) is 0 Å². The number of hydrogen-bond acceptors (Lipinski definition) is 16. The van der Waals surface area contributed by atoms with E-state index in [9.17, 15) is 0 Å². The molecule has 0 atom stereocenters. The zero-order chi connectivity index (χ0) is 44.1. The third-order valence-corrected chi connectivity index (χ3v) is 13.2. The van der Waals surface area contributed by atoms with E-state index < -0.39 is 0 Å². The molecular formula is C50H50N16. The molecule has 0 aromatic carbocycles. The standard InChI is InChI=1S/C50H50N16/c1-31-7-11-53-29-41(31)65(43-23-35(9-13-57-43)47-59-39-27-55-25-37(33-3-4-33)45(39)49(61-47)63-19-15-51-16-20-63)66(42-30-54-12-8-32(42)2)44-24-36(10-14-58-44)48-60-40-28-56-26-38(34-5-6-34)46(40)50(62-48)64-21-17-52-18-22-64/h7-14,23-30,33-34,51-52H,3-6,15-22H2,1-2H3. The van der Waals surface area contributed by atoms with Gasteiger partial charge in [0, 0.05) is 111 Å². The first-order valence-corrected chi connectivity index (χ1v) is 23.1. The molecule has 16 heteroatoms. The summed E-state index contributed by atoms with van der Waals surface area (Å²) in [5.41, 5.74) is 9.39. The summed E-state index contributed by atoms with van der Waals surface area (Å²) in [7, 11) is 0. The fraction of sp³-hybridized carbons (Fsp3) is 0.320. The minimum atomic E-state index is 0.495. The number of hydrogen-bond donors (Lipinski definition) is 2. The molecule has 0 amide bonds. The summed E-state index contributed by atoms with van der Waals surface area (Å²) in [6.45, 7) is 11.2. The lowest BCUT2D eigenvalue weighted by molar-refractivity contribution is 0.586. The van der Waals surface area contributed by atoms with E-state index in [1.165, 1.54) is 11.1 Å². The third-order valence-electron chi connectivity index (χ3n) is 13.2. The highest BCUT2D eigenvalue weighted by atomic mass is 15.7. The maximum absolute atomic E-state index is 5.40. The van der Waals surface area contributed by atoms with Crippen molar-refractivity contribution >= 4 is 56.5 Å². The minimum absolute atomic E-state index is 0.495. The molecule has 16 nitrogen and oxygen atoms in total. The van der Waals surface area contributed by atoms with Crippen LogP contribution in [0.25, 0.3) is 44.6 Å². The van der Waals surface area contributed by atoms with Crippen LogP contribution in [0.1, 0.15) is 59.8 Å². The van der Waals surface area contributed by atoms with Crippen molar-refractivity contribution in [1.82, 2.24) is 60.5 Å². The molecule has 0 spiro atoms. The third kappa shape index (κ3) is 7.54. The van der Waals surface area contributed by atoms with E-state index >= 15 is 0 Å². The number of pyridine rings is 6. The molecule has 2 aliphatic carbocycles. The van der Waals surface area contributed by atoms with Gasteiger partial charge in [-0.25, -0.2) is 39.9 Å². The molecule has 0 bridgehead atoms. The molecule has 8 aromatic rings.